The van der Waals surface area contributed by atoms with Gasteiger partial charge < -0.3 is 14.8 Å². The lowest BCUT2D eigenvalue weighted by molar-refractivity contribution is 0.280. The molecule has 0 bridgehead atoms. The summed E-state index contributed by atoms with van der Waals surface area (Å²) in [5, 5.41) is 4.49. The summed E-state index contributed by atoms with van der Waals surface area (Å²) in [4.78, 5) is 0. The molecule has 0 aliphatic heterocycles. The summed E-state index contributed by atoms with van der Waals surface area (Å²) in [6.45, 7) is 6.34. The van der Waals surface area contributed by atoms with Crippen molar-refractivity contribution < 1.29 is 9.47 Å². The lowest BCUT2D eigenvalue weighted by atomic mass is 10.1. The number of methoxy groups -OCH3 is 1. The molecule has 0 heterocycles. The average molecular weight is 447 g/mol. The summed E-state index contributed by atoms with van der Waals surface area (Å²) >= 11 is 15.7. The highest BCUT2D eigenvalue weighted by Crippen LogP contribution is 2.37. The summed E-state index contributed by atoms with van der Waals surface area (Å²) in [6, 6.07) is 9.34. The monoisotopic (exact) mass is 445 g/mol. The van der Waals surface area contributed by atoms with E-state index in [0.717, 1.165) is 27.9 Å². The summed E-state index contributed by atoms with van der Waals surface area (Å²) in [6.07, 6.45) is 0. The highest BCUT2D eigenvalue weighted by molar-refractivity contribution is 9.10. The second-order valence-electron chi connectivity index (χ2n) is 6.12. The Hall–Kier alpha value is -0.940. The van der Waals surface area contributed by atoms with Gasteiger partial charge in [0.25, 0.3) is 0 Å². The molecule has 3 nitrogen and oxygen atoms in total. The molecule has 2 aromatic rings. The SMILES string of the molecule is COc1ccc(Br)c(CNCC(C)C)c1OCc1ccc(Cl)c(Cl)c1. The standard InChI is InChI=1S/C19H22BrCl2NO2/c1-12(2)9-23-10-14-15(20)5-7-18(24-3)19(14)25-11-13-4-6-16(21)17(22)8-13/h4-8,12,23H,9-11H2,1-3H3. The number of nitrogens with one attached hydrogen (secondary N) is 1. The molecule has 0 saturated heterocycles. The third-order valence-corrected chi connectivity index (χ3v) is 5.09. The van der Waals surface area contributed by atoms with Gasteiger partial charge >= 0.3 is 0 Å². The molecule has 136 valence electrons. The summed E-state index contributed by atoms with van der Waals surface area (Å²) in [5.41, 5.74) is 1.97. The van der Waals surface area contributed by atoms with Crippen molar-refractivity contribution in [2.45, 2.75) is 27.0 Å². The number of hydrogen-bond acceptors (Lipinski definition) is 3. The topological polar surface area (TPSA) is 30.5 Å². The van der Waals surface area contributed by atoms with Crippen LogP contribution in [0.2, 0.25) is 10.0 Å². The lowest BCUT2D eigenvalue weighted by Crippen LogP contribution is -2.20. The third kappa shape index (κ3) is 5.78. The van der Waals surface area contributed by atoms with Gasteiger partial charge in [-0.1, -0.05) is 59.0 Å². The van der Waals surface area contributed by atoms with Crippen LogP contribution in [-0.4, -0.2) is 13.7 Å². The molecule has 6 heteroatoms. The van der Waals surface area contributed by atoms with E-state index in [2.05, 4.69) is 35.1 Å². The van der Waals surface area contributed by atoms with Gasteiger partial charge in [0.1, 0.15) is 6.61 Å². The molecule has 0 spiro atoms. The first-order chi connectivity index (χ1) is 11.9. The molecule has 2 rings (SSSR count). The highest BCUT2D eigenvalue weighted by atomic mass is 79.9. The Labute approximate surface area is 167 Å². The fraction of sp³-hybridized carbons (Fsp3) is 0.368. The van der Waals surface area contributed by atoms with Gasteiger partial charge in [0.15, 0.2) is 11.5 Å². The Bertz CT molecular complexity index is 723. The maximum absolute atomic E-state index is 6.08. The zero-order chi connectivity index (χ0) is 18.4. The van der Waals surface area contributed by atoms with Gasteiger partial charge in [-0.05, 0) is 42.3 Å². The van der Waals surface area contributed by atoms with Crippen LogP contribution in [0.4, 0.5) is 0 Å². The molecule has 1 N–H and O–H groups in total. The van der Waals surface area contributed by atoms with Gasteiger partial charge in [0, 0.05) is 16.6 Å². The van der Waals surface area contributed by atoms with Crippen LogP contribution in [0, 0.1) is 5.92 Å². The molecular formula is C19H22BrCl2NO2. The van der Waals surface area contributed by atoms with E-state index in [1.165, 1.54) is 0 Å². The van der Waals surface area contributed by atoms with Gasteiger partial charge in [0.05, 0.1) is 17.2 Å². The second-order valence-corrected chi connectivity index (χ2v) is 7.79. The van der Waals surface area contributed by atoms with E-state index < -0.39 is 0 Å². The van der Waals surface area contributed by atoms with E-state index in [1.807, 2.05) is 24.3 Å². The smallest absolute Gasteiger partial charge is 0.167 e. The van der Waals surface area contributed by atoms with Crippen molar-refractivity contribution in [2.75, 3.05) is 13.7 Å². The minimum atomic E-state index is 0.376. The van der Waals surface area contributed by atoms with Crippen LogP contribution in [0.1, 0.15) is 25.0 Å². The van der Waals surface area contributed by atoms with E-state index in [4.69, 9.17) is 32.7 Å². The second kappa shape index (κ2) is 9.67. The van der Waals surface area contributed by atoms with Crippen molar-refractivity contribution in [3.05, 3.63) is 56.0 Å². The van der Waals surface area contributed by atoms with Gasteiger partial charge in [0.2, 0.25) is 0 Å². The van der Waals surface area contributed by atoms with Crippen LogP contribution in [0.15, 0.2) is 34.8 Å². The number of halogens is 3. The van der Waals surface area contributed by atoms with Crippen molar-refractivity contribution in [2.24, 2.45) is 5.92 Å². The van der Waals surface area contributed by atoms with Gasteiger partial charge in [-0.25, -0.2) is 0 Å². The first-order valence-electron chi connectivity index (χ1n) is 8.05. The number of benzene rings is 2. The van der Waals surface area contributed by atoms with Crippen molar-refractivity contribution in [3.63, 3.8) is 0 Å². The Balaban J connectivity index is 2.21. The first kappa shape index (κ1) is 20.4. The Morgan fingerprint density at radius 1 is 1.12 bits per heavy atom. The Morgan fingerprint density at radius 3 is 2.52 bits per heavy atom. The Kier molecular flexibility index (Phi) is 7.88. The van der Waals surface area contributed by atoms with Gasteiger partial charge in [-0.2, -0.15) is 0 Å². The Morgan fingerprint density at radius 2 is 1.88 bits per heavy atom. The zero-order valence-electron chi connectivity index (χ0n) is 14.5. The number of hydrogen-bond donors (Lipinski definition) is 1. The normalized spacial score (nSPS) is 11.0. The highest BCUT2D eigenvalue weighted by Gasteiger charge is 2.15. The van der Waals surface area contributed by atoms with Crippen LogP contribution in [0.5, 0.6) is 11.5 Å². The summed E-state index contributed by atoms with van der Waals surface area (Å²) < 4.78 is 12.5. The third-order valence-electron chi connectivity index (χ3n) is 3.61. The average Bonchev–Trinajstić information content (AvgIpc) is 2.57. The molecule has 0 amide bonds. The lowest BCUT2D eigenvalue weighted by Gasteiger charge is -2.18. The molecule has 0 saturated carbocycles. The molecule has 0 unspecified atom stereocenters. The van der Waals surface area contributed by atoms with Crippen LogP contribution < -0.4 is 14.8 Å². The van der Waals surface area contributed by atoms with Gasteiger partial charge in [-0.15, -0.1) is 0 Å². The van der Waals surface area contributed by atoms with E-state index in [0.29, 0.717) is 34.9 Å². The van der Waals surface area contributed by atoms with Crippen molar-refractivity contribution in [1.82, 2.24) is 5.32 Å². The van der Waals surface area contributed by atoms with E-state index in [9.17, 15) is 0 Å². The number of rotatable bonds is 8. The van der Waals surface area contributed by atoms with E-state index in [-0.39, 0.29) is 0 Å². The molecule has 2 aromatic carbocycles. The zero-order valence-corrected chi connectivity index (χ0v) is 17.6. The fourth-order valence-corrected chi connectivity index (χ4v) is 3.11. The fourth-order valence-electron chi connectivity index (χ4n) is 2.34. The number of ether oxygens (including phenoxy) is 2. The van der Waals surface area contributed by atoms with Gasteiger partial charge in [-0.3, -0.25) is 0 Å². The van der Waals surface area contributed by atoms with Crippen LogP contribution in [0.25, 0.3) is 0 Å². The van der Waals surface area contributed by atoms with Crippen molar-refractivity contribution in [1.29, 1.82) is 0 Å². The summed E-state index contributed by atoms with van der Waals surface area (Å²) in [7, 11) is 1.64. The minimum absolute atomic E-state index is 0.376. The molecule has 0 aliphatic rings. The maximum Gasteiger partial charge on any atom is 0.167 e. The predicted octanol–water partition coefficient (Wildman–Crippen LogP) is 6.09. The van der Waals surface area contributed by atoms with Crippen LogP contribution in [0.3, 0.4) is 0 Å². The molecule has 25 heavy (non-hydrogen) atoms. The van der Waals surface area contributed by atoms with E-state index >= 15 is 0 Å². The maximum atomic E-state index is 6.08. The molecule has 0 fully saturated rings. The molecule has 0 radical (unpaired) electrons. The largest absolute Gasteiger partial charge is 0.493 e. The molecule has 0 aromatic heterocycles. The first-order valence-corrected chi connectivity index (χ1v) is 9.60. The quantitative estimate of drug-likeness (QED) is 0.532. The van der Waals surface area contributed by atoms with E-state index in [1.54, 1.807) is 13.2 Å². The molecular weight excluding hydrogens is 425 g/mol. The van der Waals surface area contributed by atoms with Crippen LogP contribution >= 0.6 is 39.1 Å². The molecule has 0 atom stereocenters. The minimum Gasteiger partial charge on any atom is -0.493 e. The van der Waals surface area contributed by atoms with Crippen molar-refractivity contribution in [3.8, 4) is 11.5 Å². The predicted molar refractivity (Wildman–Crippen MR) is 108 cm³/mol. The van der Waals surface area contributed by atoms with Crippen molar-refractivity contribution >= 4 is 39.1 Å². The van der Waals surface area contributed by atoms with Crippen LogP contribution in [-0.2, 0) is 13.2 Å². The molecule has 0 aliphatic carbocycles. The summed E-state index contributed by atoms with van der Waals surface area (Å²) in [5.74, 6) is 1.99.